The van der Waals surface area contributed by atoms with E-state index >= 15 is 0 Å². The third kappa shape index (κ3) is 1.96. The van der Waals surface area contributed by atoms with Gasteiger partial charge in [0.15, 0.2) is 0 Å². The van der Waals surface area contributed by atoms with E-state index in [0.29, 0.717) is 24.4 Å². The van der Waals surface area contributed by atoms with Crippen LogP contribution in [0.3, 0.4) is 0 Å². The lowest BCUT2D eigenvalue weighted by molar-refractivity contribution is -0.163. The summed E-state index contributed by atoms with van der Waals surface area (Å²) in [6.07, 6.45) is 2.30. The minimum atomic E-state index is -0.684. The molecule has 0 aromatic carbocycles. The molecule has 0 radical (unpaired) electrons. The molecular formula is C12H21NO3. The van der Waals surface area contributed by atoms with Crippen molar-refractivity contribution in [3.8, 4) is 0 Å². The third-order valence-corrected chi connectivity index (χ3v) is 3.94. The number of nitrogens with zero attached hydrogens (tertiary/aromatic N) is 1. The van der Waals surface area contributed by atoms with Crippen LogP contribution in [0.1, 0.15) is 26.7 Å². The number of carboxylic acid groups (broad SMARTS) is 1. The molecule has 2 heterocycles. The van der Waals surface area contributed by atoms with Crippen LogP contribution in [0.5, 0.6) is 0 Å². The zero-order valence-corrected chi connectivity index (χ0v) is 10.1. The quantitative estimate of drug-likeness (QED) is 0.767. The minimum Gasteiger partial charge on any atom is -0.480 e. The second-order valence-electron chi connectivity index (χ2n) is 4.89. The Morgan fingerprint density at radius 1 is 1.44 bits per heavy atom. The van der Waals surface area contributed by atoms with Crippen LogP contribution in [-0.4, -0.2) is 47.8 Å². The van der Waals surface area contributed by atoms with Gasteiger partial charge in [-0.1, -0.05) is 6.92 Å². The van der Waals surface area contributed by atoms with Crippen LogP contribution in [0.15, 0.2) is 0 Å². The number of rotatable bonds is 5. The van der Waals surface area contributed by atoms with E-state index in [-0.39, 0.29) is 6.04 Å². The molecule has 4 heteroatoms. The maximum atomic E-state index is 11.1. The number of hydrogen-bond acceptors (Lipinski definition) is 3. The SMILES string of the molecule is CCOC1[C@H]2C[C@H]1CN([C@H](CC)C(=O)O)C2. The molecule has 3 rings (SSSR count). The highest BCUT2D eigenvalue weighted by atomic mass is 16.5. The Morgan fingerprint density at radius 2 is 2.06 bits per heavy atom. The molecule has 3 atom stereocenters. The van der Waals surface area contributed by atoms with Crippen molar-refractivity contribution in [2.75, 3.05) is 19.7 Å². The van der Waals surface area contributed by atoms with Crippen LogP contribution < -0.4 is 0 Å². The fourth-order valence-corrected chi connectivity index (χ4v) is 3.19. The highest BCUT2D eigenvalue weighted by Crippen LogP contribution is 2.42. The van der Waals surface area contributed by atoms with Gasteiger partial charge in [-0.15, -0.1) is 0 Å². The van der Waals surface area contributed by atoms with Gasteiger partial charge in [0.25, 0.3) is 0 Å². The van der Waals surface area contributed by atoms with Gasteiger partial charge >= 0.3 is 5.97 Å². The maximum Gasteiger partial charge on any atom is 0.320 e. The summed E-state index contributed by atoms with van der Waals surface area (Å²) in [7, 11) is 0. The van der Waals surface area contributed by atoms with Gasteiger partial charge in [-0.3, -0.25) is 9.69 Å². The second kappa shape index (κ2) is 4.72. The first-order valence-electron chi connectivity index (χ1n) is 6.25. The van der Waals surface area contributed by atoms with Gasteiger partial charge in [-0.25, -0.2) is 0 Å². The van der Waals surface area contributed by atoms with E-state index in [1.54, 1.807) is 0 Å². The van der Waals surface area contributed by atoms with Crippen molar-refractivity contribution >= 4 is 5.97 Å². The van der Waals surface area contributed by atoms with E-state index in [1.165, 1.54) is 6.42 Å². The van der Waals surface area contributed by atoms with Crippen molar-refractivity contribution in [2.24, 2.45) is 11.8 Å². The molecule has 0 aromatic heterocycles. The summed E-state index contributed by atoms with van der Waals surface area (Å²) in [6.45, 7) is 6.53. The van der Waals surface area contributed by atoms with Gasteiger partial charge in [0.05, 0.1) is 6.10 Å². The first-order chi connectivity index (χ1) is 7.67. The summed E-state index contributed by atoms with van der Waals surface area (Å²) in [5.74, 6) is 0.441. The Hall–Kier alpha value is -0.610. The predicted octanol–water partition coefficient (Wildman–Crippen LogP) is 1.21. The molecule has 0 aromatic rings. The van der Waals surface area contributed by atoms with E-state index in [1.807, 2.05) is 13.8 Å². The molecule has 4 nitrogen and oxygen atoms in total. The first kappa shape index (κ1) is 11.9. The summed E-state index contributed by atoms with van der Waals surface area (Å²) in [5.41, 5.74) is 0. The average Bonchev–Trinajstić information content (AvgIpc) is 2.26. The van der Waals surface area contributed by atoms with Crippen molar-refractivity contribution in [1.29, 1.82) is 0 Å². The molecular weight excluding hydrogens is 206 g/mol. The summed E-state index contributed by atoms with van der Waals surface area (Å²) >= 11 is 0. The largest absolute Gasteiger partial charge is 0.480 e. The Morgan fingerprint density at radius 3 is 2.50 bits per heavy atom. The topological polar surface area (TPSA) is 49.8 Å². The number of piperidine rings is 2. The highest BCUT2D eigenvalue weighted by Gasteiger charge is 2.49. The molecule has 1 aliphatic carbocycles. The summed E-state index contributed by atoms with van der Waals surface area (Å²) < 4.78 is 5.69. The predicted molar refractivity (Wildman–Crippen MR) is 60.3 cm³/mol. The number of carboxylic acids is 1. The fourth-order valence-electron chi connectivity index (χ4n) is 3.19. The average molecular weight is 227 g/mol. The Balaban J connectivity index is 1.92. The Labute approximate surface area is 96.6 Å². The van der Waals surface area contributed by atoms with Crippen molar-refractivity contribution in [3.63, 3.8) is 0 Å². The normalized spacial score (nSPS) is 35.5. The lowest BCUT2D eigenvalue weighted by Gasteiger charge is -2.54. The number of carbonyl (C=O) groups is 1. The smallest absolute Gasteiger partial charge is 0.320 e. The highest BCUT2D eigenvalue weighted by molar-refractivity contribution is 5.73. The first-order valence-corrected chi connectivity index (χ1v) is 6.25. The van der Waals surface area contributed by atoms with Crippen molar-refractivity contribution in [1.82, 2.24) is 4.90 Å². The summed E-state index contributed by atoms with van der Waals surface area (Å²) in [4.78, 5) is 13.2. The molecule has 3 aliphatic rings. The van der Waals surface area contributed by atoms with E-state index in [0.717, 1.165) is 19.7 Å². The van der Waals surface area contributed by atoms with Gasteiger partial charge in [-0.05, 0) is 31.6 Å². The molecule has 0 spiro atoms. The van der Waals surface area contributed by atoms with Crippen LogP contribution in [0, 0.1) is 11.8 Å². The summed E-state index contributed by atoms with van der Waals surface area (Å²) in [6, 6.07) is -0.298. The zero-order chi connectivity index (χ0) is 11.7. The molecule has 1 saturated carbocycles. The minimum absolute atomic E-state index is 0.298. The number of aliphatic carboxylic acids is 1. The van der Waals surface area contributed by atoms with Gasteiger partial charge < -0.3 is 9.84 Å². The monoisotopic (exact) mass is 227 g/mol. The van der Waals surface area contributed by atoms with Gasteiger partial charge in [0.2, 0.25) is 0 Å². The Bertz CT molecular complexity index is 257. The third-order valence-electron chi connectivity index (χ3n) is 3.94. The number of ether oxygens (including phenoxy) is 1. The van der Waals surface area contributed by atoms with Crippen LogP contribution in [0.25, 0.3) is 0 Å². The number of fused-ring (bicyclic) bond motifs is 2. The molecule has 16 heavy (non-hydrogen) atoms. The van der Waals surface area contributed by atoms with Crippen LogP contribution in [-0.2, 0) is 9.53 Å². The molecule has 92 valence electrons. The van der Waals surface area contributed by atoms with Crippen molar-refractivity contribution < 1.29 is 14.6 Å². The molecule has 2 bridgehead atoms. The van der Waals surface area contributed by atoms with Crippen LogP contribution >= 0.6 is 0 Å². The van der Waals surface area contributed by atoms with E-state index < -0.39 is 5.97 Å². The molecule has 1 N–H and O–H groups in total. The molecule has 0 amide bonds. The van der Waals surface area contributed by atoms with Gasteiger partial charge in [-0.2, -0.15) is 0 Å². The van der Waals surface area contributed by atoms with Gasteiger partial charge in [0, 0.05) is 19.7 Å². The fraction of sp³-hybridized carbons (Fsp3) is 0.917. The Kier molecular flexibility index (Phi) is 3.50. The lowest BCUT2D eigenvalue weighted by atomic mass is 9.67. The molecule has 3 fully saturated rings. The molecule has 0 unspecified atom stereocenters. The van der Waals surface area contributed by atoms with Crippen molar-refractivity contribution in [3.05, 3.63) is 0 Å². The van der Waals surface area contributed by atoms with E-state index in [2.05, 4.69) is 4.90 Å². The molecule has 2 saturated heterocycles. The van der Waals surface area contributed by atoms with Crippen LogP contribution in [0.4, 0.5) is 0 Å². The summed E-state index contributed by atoms with van der Waals surface area (Å²) in [5, 5.41) is 9.12. The van der Waals surface area contributed by atoms with E-state index in [9.17, 15) is 4.79 Å². The van der Waals surface area contributed by atoms with Crippen LogP contribution in [0.2, 0.25) is 0 Å². The standard InChI is InChI=1S/C12H21NO3/c1-3-10(12(14)15)13-6-8-5-9(7-13)11(8)16-4-2/h8-11H,3-7H2,1-2H3,(H,14,15)/t8-,9-,10+/m0/s1. The van der Waals surface area contributed by atoms with E-state index in [4.69, 9.17) is 9.84 Å². The lowest BCUT2D eigenvalue weighted by Crippen LogP contribution is -2.62. The molecule has 2 aliphatic heterocycles. The second-order valence-corrected chi connectivity index (χ2v) is 4.89. The van der Waals surface area contributed by atoms with Crippen molar-refractivity contribution in [2.45, 2.75) is 38.8 Å². The maximum absolute atomic E-state index is 11.1. The zero-order valence-electron chi connectivity index (χ0n) is 10.1. The van der Waals surface area contributed by atoms with Gasteiger partial charge in [0.1, 0.15) is 6.04 Å². The number of hydrogen-bond donors (Lipinski definition) is 1.